The number of amides is 1. The molecule has 166 valence electrons. The summed E-state index contributed by atoms with van der Waals surface area (Å²) in [5.74, 6) is -3.02. The number of fused-ring (bicyclic) bond motifs is 2. The number of piperidine rings is 1. The molecule has 2 N–H and O–H groups in total. The Morgan fingerprint density at radius 2 is 1.68 bits per heavy atom. The summed E-state index contributed by atoms with van der Waals surface area (Å²) in [7, 11) is 1.54. The molecule has 2 saturated heterocycles. The molecular formula is C24H27F3N2O2. The molecule has 0 aromatic heterocycles. The number of carbonyl (C=O) groups is 1. The highest BCUT2D eigenvalue weighted by molar-refractivity contribution is 5.83. The van der Waals surface area contributed by atoms with Gasteiger partial charge in [-0.2, -0.15) is 0 Å². The summed E-state index contributed by atoms with van der Waals surface area (Å²) in [5.41, 5.74) is 7.28. The van der Waals surface area contributed by atoms with Crippen LogP contribution in [0.1, 0.15) is 42.9 Å². The van der Waals surface area contributed by atoms with Crippen LogP contribution in [0.2, 0.25) is 0 Å². The average molecular weight is 432 g/mol. The number of benzene rings is 2. The van der Waals surface area contributed by atoms with Crippen LogP contribution in [0.5, 0.6) is 0 Å². The van der Waals surface area contributed by atoms with Crippen LogP contribution in [0.25, 0.3) is 0 Å². The van der Waals surface area contributed by atoms with Crippen LogP contribution in [-0.2, 0) is 16.0 Å². The topological polar surface area (TPSA) is 55.6 Å². The Bertz CT molecular complexity index is 926. The zero-order valence-electron chi connectivity index (χ0n) is 17.4. The first-order valence-electron chi connectivity index (χ1n) is 10.7. The molecule has 0 saturated carbocycles. The largest absolute Gasteiger partial charge is 0.367 e. The lowest BCUT2D eigenvalue weighted by molar-refractivity contribution is -0.148. The molecule has 4 rings (SSSR count). The second-order valence-electron chi connectivity index (χ2n) is 8.61. The number of nitrogens with zero attached hydrogens (tertiary/aromatic N) is 1. The van der Waals surface area contributed by atoms with Crippen molar-refractivity contribution in [1.29, 1.82) is 0 Å². The number of halogens is 3. The van der Waals surface area contributed by atoms with Crippen LogP contribution in [0.3, 0.4) is 0 Å². The monoisotopic (exact) mass is 432 g/mol. The van der Waals surface area contributed by atoms with Crippen molar-refractivity contribution in [2.75, 3.05) is 7.11 Å². The number of hydrogen-bond acceptors (Lipinski definition) is 3. The highest BCUT2D eigenvalue weighted by atomic mass is 19.2. The lowest BCUT2D eigenvalue weighted by Gasteiger charge is -2.42. The van der Waals surface area contributed by atoms with Gasteiger partial charge in [-0.15, -0.1) is 0 Å². The summed E-state index contributed by atoms with van der Waals surface area (Å²) in [6.45, 7) is 0. The van der Waals surface area contributed by atoms with Crippen molar-refractivity contribution in [3.8, 4) is 0 Å². The van der Waals surface area contributed by atoms with E-state index in [4.69, 9.17) is 10.5 Å². The van der Waals surface area contributed by atoms with Gasteiger partial charge in [0.1, 0.15) is 5.82 Å². The third kappa shape index (κ3) is 4.34. The minimum absolute atomic E-state index is 0.0418. The molecule has 2 aliphatic rings. The molecule has 2 heterocycles. The van der Waals surface area contributed by atoms with Crippen molar-refractivity contribution in [2.45, 2.75) is 56.3 Å². The van der Waals surface area contributed by atoms with Gasteiger partial charge in [-0.05, 0) is 55.2 Å². The van der Waals surface area contributed by atoms with Crippen LogP contribution in [-0.4, -0.2) is 36.0 Å². The lowest BCUT2D eigenvalue weighted by atomic mass is 9.82. The minimum Gasteiger partial charge on any atom is -0.367 e. The van der Waals surface area contributed by atoms with E-state index in [0.717, 1.165) is 24.5 Å². The van der Waals surface area contributed by atoms with Gasteiger partial charge >= 0.3 is 0 Å². The van der Waals surface area contributed by atoms with Gasteiger partial charge in [-0.3, -0.25) is 4.79 Å². The molecule has 0 radical (unpaired) electrons. The summed E-state index contributed by atoms with van der Waals surface area (Å²) in [6, 6.07) is 10.6. The Hall–Kier alpha value is -2.38. The quantitative estimate of drug-likeness (QED) is 0.699. The van der Waals surface area contributed by atoms with E-state index >= 15 is 0 Å². The molecule has 1 amide bonds. The van der Waals surface area contributed by atoms with Crippen LogP contribution < -0.4 is 5.73 Å². The van der Waals surface area contributed by atoms with E-state index in [1.165, 1.54) is 7.11 Å². The fraction of sp³-hybridized carbons (Fsp3) is 0.458. The van der Waals surface area contributed by atoms with Gasteiger partial charge in [-0.25, -0.2) is 13.2 Å². The SMILES string of the molecule is CO[C@@H](C(=O)N1[C@@H]2CC[C@H]1C[C@H]([C@H](N)Cc1cc(F)c(F)cc1F)C2)c1ccccc1. The van der Waals surface area contributed by atoms with Gasteiger partial charge in [0, 0.05) is 31.3 Å². The van der Waals surface area contributed by atoms with E-state index in [1.807, 2.05) is 35.2 Å². The summed E-state index contributed by atoms with van der Waals surface area (Å²) in [4.78, 5) is 15.3. The number of nitrogens with two attached hydrogens (primary N) is 1. The molecule has 2 aromatic rings. The highest BCUT2D eigenvalue weighted by Gasteiger charge is 2.46. The molecule has 0 unspecified atom stereocenters. The molecular weight excluding hydrogens is 405 g/mol. The summed E-state index contributed by atoms with van der Waals surface area (Å²) >= 11 is 0. The number of carbonyl (C=O) groups excluding carboxylic acids is 1. The van der Waals surface area contributed by atoms with Crippen LogP contribution in [0.4, 0.5) is 13.2 Å². The predicted octanol–water partition coefficient (Wildman–Crippen LogP) is 4.13. The van der Waals surface area contributed by atoms with Gasteiger partial charge in [0.05, 0.1) is 0 Å². The molecule has 0 aliphatic carbocycles. The second kappa shape index (κ2) is 9.01. The number of ether oxygens (including phenoxy) is 1. The van der Waals surface area contributed by atoms with Crippen molar-refractivity contribution < 1.29 is 22.7 Å². The maximum atomic E-state index is 14.1. The first-order valence-corrected chi connectivity index (χ1v) is 10.7. The normalized spacial score (nSPS) is 24.8. The number of methoxy groups -OCH3 is 1. The van der Waals surface area contributed by atoms with Crippen molar-refractivity contribution in [3.05, 3.63) is 71.0 Å². The number of hydrogen-bond donors (Lipinski definition) is 1. The highest BCUT2D eigenvalue weighted by Crippen LogP contribution is 2.42. The van der Waals surface area contributed by atoms with Crippen molar-refractivity contribution in [2.24, 2.45) is 11.7 Å². The Morgan fingerprint density at radius 3 is 2.29 bits per heavy atom. The summed E-state index contributed by atoms with van der Waals surface area (Å²) in [5, 5.41) is 0. The van der Waals surface area contributed by atoms with Gasteiger partial charge in [0.15, 0.2) is 17.7 Å². The standard InChI is InChI=1S/C24H27F3N2O2/c1-31-23(14-5-3-2-4-6-14)24(30)29-17-7-8-18(29)10-16(9-17)22(28)12-15-11-20(26)21(27)13-19(15)25/h2-6,11,13,16-18,22-23H,7-10,12,28H2,1H3/t16-,17-,18+,22-,23-/m1/s1. The van der Waals surface area contributed by atoms with Crippen LogP contribution >= 0.6 is 0 Å². The van der Waals surface area contributed by atoms with Crippen molar-refractivity contribution in [1.82, 2.24) is 4.90 Å². The third-order valence-electron chi connectivity index (χ3n) is 6.74. The molecule has 31 heavy (non-hydrogen) atoms. The molecule has 4 nitrogen and oxygen atoms in total. The first kappa shape index (κ1) is 21.8. The average Bonchev–Trinajstić information content (AvgIpc) is 3.02. The fourth-order valence-corrected chi connectivity index (χ4v) is 5.21. The zero-order chi connectivity index (χ0) is 22.1. The second-order valence-corrected chi connectivity index (χ2v) is 8.61. The maximum Gasteiger partial charge on any atom is 0.256 e. The maximum absolute atomic E-state index is 14.1. The van der Waals surface area contributed by atoms with E-state index in [9.17, 15) is 18.0 Å². The van der Waals surface area contributed by atoms with Crippen molar-refractivity contribution in [3.63, 3.8) is 0 Å². The lowest BCUT2D eigenvalue weighted by Crippen LogP contribution is -2.51. The third-order valence-corrected chi connectivity index (χ3v) is 6.74. The molecule has 2 aliphatic heterocycles. The van der Waals surface area contributed by atoms with E-state index in [2.05, 4.69) is 0 Å². The Balaban J connectivity index is 1.45. The molecule has 2 aromatic carbocycles. The van der Waals surface area contributed by atoms with Gasteiger partial charge in [-0.1, -0.05) is 30.3 Å². The predicted molar refractivity (Wildman–Crippen MR) is 111 cm³/mol. The molecule has 2 bridgehead atoms. The zero-order valence-corrected chi connectivity index (χ0v) is 17.4. The van der Waals surface area contributed by atoms with Gasteiger partial charge in [0.2, 0.25) is 0 Å². The first-order chi connectivity index (χ1) is 14.9. The molecule has 0 spiro atoms. The van der Waals surface area contributed by atoms with Crippen LogP contribution in [0.15, 0.2) is 42.5 Å². The fourth-order valence-electron chi connectivity index (χ4n) is 5.21. The Morgan fingerprint density at radius 1 is 1.06 bits per heavy atom. The molecule has 7 heteroatoms. The summed E-state index contributed by atoms with van der Waals surface area (Å²) < 4.78 is 46.3. The molecule has 5 atom stereocenters. The minimum atomic E-state index is -1.20. The van der Waals surface area contributed by atoms with E-state index < -0.39 is 29.6 Å². The van der Waals surface area contributed by atoms with Gasteiger partial charge in [0.25, 0.3) is 5.91 Å². The van der Waals surface area contributed by atoms with Crippen LogP contribution in [0, 0.1) is 23.4 Å². The smallest absolute Gasteiger partial charge is 0.256 e. The summed E-state index contributed by atoms with van der Waals surface area (Å²) in [6.07, 6.45) is 2.69. The Labute approximate surface area is 180 Å². The van der Waals surface area contributed by atoms with E-state index in [0.29, 0.717) is 18.9 Å². The van der Waals surface area contributed by atoms with E-state index in [1.54, 1.807) is 0 Å². The molecule has 2 fully saturated rings. The Kier molecular flexibility index (Phi) is 6.34. The van der Waals surface area contributed by atoms with E-state index in [-0.39, 0.29) is 35.9 Å². The number of rotatable bonds is 6. The van der Waals surface area contributed by atoms with Crippen molar-refractivity contribution >= 4 is 5.91 Å². The van der Waals surface area contributed by atoms with Gasteiger partial charge < -0.3 is 15.4 Å².